The summed E-state index contributed by atoms with van der Waals surface area (Å²) in [5.74, 6) is 0.122. The van der Waals surface area contributed by atoms with E-state index in [-0.39, 0.29) is 0 Å². The van der Waals surface area contributed by atoms with Gasteiger partial charge in [0.2, 0.25) is 0 Å². The van der Waals surface area contributed by atoms with Crippen molar-refractivity contribution < 1.29 is 19.4 Å². The van der Waals surface area contributed by atoms with Gasteiger partial charge in [-0.3, -0.25) is 4.79 Å². The summed E-state index contributed by atoms with van der Waals surface area (Å²) in [4.78, 5) is 11.6. The van der Waals surface area contributed by atoms with Crippen molar-refractivity contribution in [3.05, 3.63) is 58.7 Å². The van der Waals surface area contributed by atoms with Crippen molar-refractivity contribution in [2.45, 2.75) is 24.8 Å². The second kappa shape index (κ2) is 6.53. The third kappa shape index (κ3) is 2.83. The van der Waals surface area contributed by atoms with Crippen LogP contribution in [0.5, 0.6) is 11.5 Å². The fraction of sp³-hybridized carbons (Fsp3) is 0.316. The van der Waals surface area contributed by atoms with Crippen LogP contribution in [0.1, 0.15) is 28.2 Å². The fourth-order valence-corrected chi connectivity index (χ4v) is 3.42. The average Bonchev–Trinajstić information content (AvgIpc) is 2.76. The predicted molar refractivity (Wildman–Crippen MR) is 90.9 cm³/mol. The maximum Gasteiger partial charge on any atom is 0.321 e. The molecule has 0 saturated heterocycles. The first-order valence-corrected chi connectivity index (χ1v) is 7.87. The van der Waals surface area contributed by atoms with Crippen LogP contribution < -0.4 is 15.2 Å². The molecule has 2 aromatic rings. The number of benzene rings is 2. The molecule has 5 heteroatoms. The number of hydrogen-bond donors (Lipinski definition) is 2. The second-order valence-electron chi connectivity index (χ2n) is 5.97. The molecule has 0 aliphatic heterocycles. The van der Waals surface area contributed by atoms with Gasteiger partial charge in [0.15, 0.2) is 0 Å². The molecule has 5 nitrogen and oxygen atoms in total. The van der Waals surface area contributed by atoms with E-state index in [0.717, 1.165) is 46.6 Å². The lowest BCUT2D eigenvalue weighted by atomic mass is 9.83. The lowest BCUT2D eigenvalue weighted by molar-refractivity contribution is -0.138. The normalized spacial score (nSPS) is 15.0. The van der Waals surface area contributed by atoms with Gasteiger partial charge in [0.1, 0.15) is 17.5 Å². The van der Waals surface area contributed by atoms with E-state index in [2.05, 4.69) is 0 Å². The summed E-state index contributed by atoms with van der Waals surface area (Å²) >= 11 is 0. The monoisotopic (exact) mass is 327 g/mol. The third-order valence-electron chi connectivity index (χ3n) is 4.68. The van der Waals surface area contributed by atoms with Crippen LogP contribution in [0.3, 0.4) is 0 Å². The highest BCUT2D eigenvalue weighted by Crippen LogP contribution is 2.38. The van der Waals surface area contributed by atoms with Crippen LogP contribution in [0, 0.1) is 0 Å². The van der Waals surface area contributed by atoms with E-state index in [0.29, 0.717) is 0 Å². The molecule has 0 fully saturated rings. The van der Waals surface area contributed by atoms with Crippen molar-refractivity contribution in [2.75, 3.05) is 14.2 Å². The van der Waals surface area contributed by atoms with Crippen molar-refractivity contribution in [1.82, 2.24) is 0 Å². The first-order chi connectivity index (χ1) is 11.5. The number of fused-ring (bicyclic) bond motifs is 2. The first kappa shape index (κ1) is 16.3. The van der Waals surface area contributed by atoms with E-state index in [4.69, 9.17) is 15.2 Å². The third-order valence-corrected chi connectivity index (χ3v) is 4.68. The Bertz CT molecular complexity index is 716. The van der Waals surface area contributed by atoms with Crippen LogP contribution in [0.2, 0.25) is 0 Å². The molecule has 126 valence electrons. The average molecular weight is 327 g/mol. The maximum atomic E-state index is 11.6. The Balaban J connectivity index is 2.18. The zero-order chi connectivity index (χ0) is 17.3. The number of methoxy groups -OCH3 is 2. The number of nitrogens with two attached hydrogens (primary N) is 1. The number of hydrogen-bond acceptors (Lipinski definition) is 4. The van der Waals surface area contributed by atoms with Gasteiger partial charge in [-0.25, -0.2) is 0 Å². The second-order valence-corrected chi connectivity index (χ2v) is 5.97. The van der Waals surface area contributed by atoms with Gasteiger partial charge in [-0.05, 0) is 59.4 Å². The summed E-state index contributed by atoms with van der Waals surface area (Å²) in [6.07, 6.45) is 1.60. The summed E-state index contributed by atoms with van der Waals surface area (Å²) in [6, 6.07) is 10.5. The molecule has 1 aliphatic rings. The summed E-state index contributed by atoms with van der Waals surface area (Å²) < 4.78 is 10.6. The van der Waals surface area contributed by atoms with Crippen LogP contribution in [0.25, 0.3) is 0 Å². The lowest BCUT2D eigenvalue weighted by Gasteiger charge is -2.24. The molecule has 24 heavy (non-hydrogen) atoms. The highest BCUT2D eigenvalue weighted by atomic mass is 16.5. The van der Waals surface area contributed by atoms with Crippen LogP contribution in [0.4, 0.5) is 0 Å². The number of carboxylic acids is 1. The van der Waals surface area contributed by atoms with Gasteiger partial charge in [-0.1, -0.05) is 12.1 Å². The number of aryl methyl sites for hydroxylation is 2. The minimum Gasteiger partial charge on any atom is -0.497 e. The Morgan fingerprint density at radius 2 is 1.50 bits per heavy atom. The molecular weight excluding hydrogens is 306 g/mol. The van der Waals surface area contributed by atoms with Crippen molar-refractivity contribution in [1.29, 1.82) is 0 Å². The van der Waals surface area contributed by atoms with Gasteiger partial charge in [-0.2, -0.15) is 0 Å². The maximum absolute atomic E-state index is 11.6. The Morgan fingerprint density at radius 1 is 1.04 bits per heavy atom. The Kier molecular flexibility index (Phi) is 4.44. The van der Waals surface area contributed by atoms with E-state index in [1.165, 1.54) is 0 Å². The molecule has 0 saturated carbocycles. The van der Waals surface area contributed by atoms with E-state index in [9.17, 15) is 9.90 Å². The molecule has 2 aromatic carbocycles. The lowest BCUT2D eigenvalue weighted by Crippen LogP contribution is -2.37. The zero-order valence-corrected chi connectivity index (χ0v) is 13.8. The van der Waals surface area contributed by atoms with Crippen molar-refractivity contribution in [3.8, 4) is 11.5 Å². The molecule has 0 amide bonds. The number of carboxylic acid groups (broad SMARTS) is 1. The smallest absolute Gasteiger partial charge is 0.321 e. The molecule has 0 aromatic heterocycles. The van der Waals surface area contributed by atoms with Gasteiger partial charge < -0.3 is 20.3 Å². The van der Waals surface area contributed by atoms with Gasteiger partial charge in [-0.15, -0.1) is 0 Å². The number of rotatable bonds is 4. The van der Waals surface area contributed by atoms with Crippen LogP contribution in [-0.4, -0.2) is 31.3 Å². The highest BCUT2D eigenvalue weighted by molar-refractivity contribution is 5.76. The van der Waals surface area contributed by atoms with E-state index in [1.807, 2.05) is 36.4 Å². The van der Waals surface area contributed by atoms with Gasteiger partial charge in [0, 0.05) is 5.92 Å². The molecule has 0 radical (unpaired) electrons. The molecule has 0 heterocycles. The van der Waals surface area contributed by atoms with Crippen molar-refractivity contribution in [3.63, 3.8) is 0 Å². The fourth-order valence-electron chi connectivity index (χ4n) is 3.42. The van der Waals surface area contributed by atoms with E-state index >= 15 is 0 Å². The standard InChI is InChI=1S/C19H21NO4/c1-23-13-5-7-15-11(9-13)3-4-12-10-14(24-2)6-8-16(12)17(15)18(20)19(21)22/h5-10,17-18H,3-4,20H2,1-2H3,(H,21,22). The quantitative estimate of drug-likeness (QED) is 0.901. The Labute approximate surface area is 141 Å². The molecule has 1 aliphatic carbocycles. The van der Waals surface area contributed by atoms with Crippen molar-refractivity contribution in [2.24, 2.45) is 5.73 Å². The molecule has 3 N–H and O–H groups in total. The topological polar surface area (TPSA) is 81.8 Å². The van der Waals surface area contributed by atoms with Crippen LogP contribution in [-0.2, 0) is 17.6 Å². The molecule has 3 rings (SSSR count). The van der Waals surface area contributed by atoms with Gasteiger partial charge >= 0.3 is 5.97 Å². The Hall–Kier alpha value is -2.53. The number of carbonyl (C=O) groups is 1. The predicted octanol–water partition coefficient (Wildman–Crippen LogP) is 2.35. The number of ether oxygens (including phenoxy) is 2. The molecular formula is C19H21NO4. The van der Waals surface area contributed by atoms with E-state index < -0.39 is 17.9 Å². The molecule has 0 bridgehead atoms. The van der Waals surface area contributed by atoms with Crippen LogP contribution >= 0.6 is 0 Å². The summed E-state index contributed by atoms with van der Waals surface area (Å²) in [6.45, 7) is 0. The molecule has 1 atom stereocenters. The summed E-state index contributed by atoms with van der Waals surface area (Å²) in [5, 5.41) is 9.50. The summed E-state index contributed by atoms with van der Waals surface area (Å²) in [7, 11) is 3.25. The Morgan fingerprint density at radius 3 is 1.88 bits per heavy atom. The minimum absolute atomic E-state index is 0.396. The molecule has 0 spiro atoms. The van der Waals surface area contributed by atoms with E-state index in [1.54, 1.807) is 14.2 Å². The van der Waals surface area contributed by atoms with Crippen molar-refractivity contribution >= 4 is 5.97 Å². The van der Waals surface area contributed by atoms with Gasteiger partial charge in [0.05, 0.1) is 14.2 Å². The zero-order valence-electron chi connectivity index (χ0n) is 13.8. The highest BCUT2D eigenvalue weighted by Gasteiger charge is 2.32. The minimum atomic E-state index is -1.01. The van der Waals surface area contributed by atoms with Crippen LogP contribution in [0.15, 0.2) is 36.4 Å². The molecule has 1 unspecified atom stereocenters. The number of aliphatic carboxylic acids is 1. The van der Waals surface area contributed by atoms with Gasteiger partial charge in [0.25, 0.3) is 0 Å². The first-order valence-electron chi connectivity index (χ1n) is 7.87. The summed E-state index contributed by atoms with van der Waals surface area (Å²) in [5.41, 5.74) is 10.1. The largest absolute Gasteiger partial charge is 0.497 e. The SMILES string of the molecule is COc1ccc2c(c1)CCc1cc(OC)ccc1C2C(N)C(=O)O.